The second-order valence-electron chi connectivity index (χ2n) is 3.40. The van der Waals surface area contributed by atoms with Crippen molar-refractivity contribution in [2.45, 2.75) is 26.9 Å². The van der Waals surface area contributed by atoms with Crippen LogP contribution in [0.15, 0.2) is 30.3 Å². The van der Waals surface area contributed by atoms with Gasteiger partial charge in [0.25, 0.3) is 0 Å². The number of ether oxygens (including phenoxy) is 1. The van der Waals surface area contributed by atoms with E-state index in [1.165, 1.54) is 0 Å². The predicted molar refractivity (Wildman–Crippen MR) is 62.9 cm³/mol. The Bertz CT molecular complexity index is 285. The molecule has 0 fully saturated rings. The molecule has 0 bridgehead atoms. The Labute approximate surface area is 97.0 Å². The van der Waals surface area contributed by atoms with E-state index in [4.69, 9.17) is 4.74 Å². The van der Waals surface area contributed by atoms with Crippen LogP contribution in [0.25, 0.3) is 0 Å². The number of esters is 1. The largest absolute Gasteiger partial charge is 0.461 e. The maximum absolute atomic E-state index is 11.3. The topological polar surface area (TPSA) is 26.3 Å². The molecule has 0 saturated carbocycles. The van der Waals surface area contributed by atoms with Crippen LogP contribution in [0.5, 0.6) is 0 Å². The predicted octanol–water partition coefficient (Wildman–Crippen LogP) is 3.20. The van der Waals surface area contributed by atoms with E-state index in [1.54, 1.807) is 0 Å². The highest BCUT2D eigenvalue weighted by Crippen LogP contribution is 2.06. The van der Waals surface area contributed by atoms with Crippen LogP contribution in [0.4, 0.5) is 0 Å². The minimum Gasteiger partial charge on any atom is -0.461 e. The minimum atomic E-state index is -0.114. The molecule has 1 aromatic rings. The highest BCUT2D eigenvalue weighted by Gasteiger charge is 2.11. The van der Waals surface area contributed by atoms with Crippen LogP contribution < -0.4 is 0 Å². The van der Waals surface area contributed by atoms with E-state index < -0.39 is 0 Å². The smallest absolute Gasteiger partial charge is 0.308 e. The van der Waals surface area contributed by atoms with Crippen LogP contribution in [0, 0.1) is 5.92 Å². The molecule has 1 atom stereocenters. The van der Waals surface area contributed by atoms with Crippen LogP contribution in [0.2, 0.25) is 0 Å². The molecule has 15 heavy (non-hydrogen) atoms. The van der Waals surface area contributed by atoms with Crippen molar-refractivity contribution in [3.05, 3.63) is 35.9 Å². The first kappa shape index (κ1) is 14.0. The van der Waals surface area contributed by atoms with Crippen molar-refractivity contribution in [1.82, 2.24) is 0 Å². The van der Waals surface area contributed by atoms with Gasteiger partial charge in [-0.3, -0.25) is 4.79 Å². The molecular formula is C12H17ClO2. The maximum atomic E-state index is 11.3. The van der Waals surface area contributed by atoms with E-state index in [-0.39, 0.29) is 24.3 Å². The fraction of sp³-hybridized carbons (Fsp3) is 0.417. The lowest BCUT2D eigenvalue weighted by Gasteiger charge is -2.08. The van der Waals surface area contributed by atoms with Crippen molar-refractivity contribution in [1.29, 1.82) is 0 Å². The minimum absolute atomic E-state index is 0. The molecule has 0 radical (unpaired) electrons. The van der Waals surface area contributed by atoms with Gasteiger partial charge < -0.3 is 4.74 Å². The van der Waals surface area contributed by atoms with Crippen molar-refractivity contribution in [3.63, 3.8) is 0 Å². The Morgan fingerprint density at radius 2 is 1.93 bits per heavy atom. The Balaban J connectivity index is 0.00000196. The first-order valence-electron chi connectivity index (χ1n) is 4.94. The van der Waals surface area contributed by atoms with Crippen molar-refractivity contribution in [2.24, 2.45) is 5.92 Å². The van der Waals surface area contributed by atoms with E-state index in [0.29, 0.717) is 6.61 Å². The van der Waals surface area contributed by atoms with Gasteiger partial charge in [-0.15, -0.1) is 12.4 Å². The fourth-order valence-electron chi connectivity index (χ4n) is 1.04. The van der Waals surface area contributed by atoms with Gasteiger partial charge in [0.15, 0.2) is 0 Å². The Morgan fingerprint density at radius 1 is 1.33 bits per heavy atom. The van der Waals surface area contributed by atoms with E-state index in [9.17, 15) is 4.79 Å². The molecule has 1 aromatic carbocycles. The normalized spacial score (nSPS) is 11.3. The lowest BCUT2D eigenvalue weighted by atomic mass is 10.1. The van der Waals surface area contributed by atoms with Crippen LogP contribution in [0.1, 0.15) is 25.8 Å². The number of carbonyl (C=O) groups excluding carboxylic acids is 1. The van der Waals surface area contributed by atoms with E-state index in [2.05, 4.69) is 0 Å². The van der Waals surface area contributed by atoms with Gasteiger partial charge in [0.2, 0.25) is 0 Å². The van der Waals surface area contributed by atoms with E-state index in [0.717, 1.165) is 12.0 Å². The zero-order valence-corrected chi connectivity index (χ0v) is 9.92. The molecule has 0 N–H and O–H groups in total. The standard InChI is InChI=1S/C12H16O2.ClH/c1-3-10(2)12(13)14-9-11-7-5-4-6-8-11;/h4-8,10H,3,9H2,1-2H3;1H. The highest BCUT2D eigenvalue weighted by molar-refractivity contribution is 5.85. The summed E-state index contributed by atoms with van der Waals surface area (Å²) in [5.74, 6) is -0.116. The third-order valence-corrected chi connectivity index (χ3v) is 2.24. The van der Waals surface area contributed by atoms with Crippen molar-refractivity contribution < 1.29 is 9.53 Å². The van der Waals surface area contributed by atoms with Gasteiger partial charge in [-0.2, -0.15) is 0 Å². The Kier molecular flexibility index (Phi) is 6.80. The van der Waals surface area contributed by atoms with Gasteiger partial charge in [-0.05, 0) is 12.0 Å². The van der Waals surface area contributed by atoms with Gasteiger partial charge >= 0.3 is 5.97 Å². The average Bonchev–Trinajstić information content (AvgIpc) is 2.26. The quantitative estimate of drug-likeness (QED) is 0.740. The molecule has 0 amide bonds. The third-order valence-electron chi connectivity index (χ3n) is 2.24. The molecule has 0 spiro atoms. The van der Waals surface area contributed by atoms with Crippen molar-refractivity contribution in [3.8, 4) is 0 Å². The summed E-state index contributed by atoms with van der Waals surface area (Å²) in [6.45, 7) is 4.24. The number of hydrogen-bond donors (Lipinski definition) is 0. The molecule has 0 aliphatic carbocycles. The highest BCUT2D eigenvalue weighted by atomic mass is 35.5. The summed E-state index contributed by atoms with van der Waals surface area (Å²) < 4.78 is 5.14. The lowest BCUT2D eigenvalue weighted by Crippen LogP contribution is -2.13. The van der Waals surface area contributed by atoms with Crippen molar-refractivity contribution in [2.75, 3.05) is 0 Å². The number of halogens is 1. The monoisotopic (exact) mass is 228 g/mol. The summed E-state index contributed by atoms with van der Waals surface area (Å²) in [4.78, 5) is 11.3. The number of benzene rings is 1. The van der Waals surface area contributed by atoms with Crippen LogP contribution in [-0.2, 0) is 16.1 Å². The molecule has 0 saturated heterocycles. The van der Waals surface area contributed by atoms with Crippen molar-refractivity contribution >= 4 is 18.4 Å². The molecule has 0 aliphatic heterocycles. The Hall–Kier alpha value is -1.02. The number of rotatable bonds is 4. The summed E-state index contributed by atoms with van der Waals surface area (Å²) in [5.41, 5.74) is 1.03. The van der Waals surface area contributed by atoms with E-state index in [1.807, 2.05) is 44.2 Å². The first-order chi connectivity index (χ1) is 6.74. The number of hydrogen-bond acceptors (Lipinski definition) is 2. The summed E-state index contributed by atoms with van der Waals surface area (Å²) in [5, 5.41) is 0. The molecule has 1 rings (SSSR count). The molecule has 1 unspecified atom stereocenters. The second kappa shape index (κ2) is 7.30. The van der Waals surface area contributed by atoms with Crippen LogP contribution >= 0.6 is 12.4 Å². The summed E-state index contributed by atoms with van der Waals surface area (Å²) in [6.07, 6.45) is 0.827. The molecule has 0 aromatic heterocycles. The van der Waals surface area contributed by atoms with Crippen LogP contribution in [-0.4, -0.2) is 5.97 Å². The molecule has 3 heteroatoms. The van der Waals surface area contributed by atoms with E-state index >= 15 is 0 Å². The molecule has 0 heterocycles. The third kappa shape index (κ3) is 4.84. The van der Waals surface area contributed by atoms with Gasteiger partial charge in [0.05, 0.1) is 5.92 Å². The molecule has 2 nitrogen and oxygen atoms in total. The average molecular weight is 229 g/mol. The summed E-state index contributed by atoms with van der Waals surface area (Å²) in [6, 6.07) is 9.71. The molecule has 84 valence electrons. The molecule has 0 aliphatic rings. The van der Waals surface area contributed by atoms with Gasteiger partial charge in [0, 0.05) is 0 Å². The molecular weight excluding hydrogens is 212 g/mol. The van der Waals surface area contributed by atoms with Gasteiger partial charge in [-0.1, -0.05) is 44.2 Å². The summed E-state index contributed by atoms with van der Waals surface area (Å²) in [7, 11) is 0. The van der Waals surface area contributed by atoms with Crippen LogP contribution in [0.3, 0.4) is 0 Å². The number of carbonyl (C=O) groups is 1. The zero-order chi connectivity index (χ0) is 10.4. The SMILES string of the molecule is CCC(C)C(=O)OCc1ccccc1.Cl. The second-order valence-corrected chi connectivity index (χ2v) is 3.40. The maximum Gasteiger partial charge on any atom is 0.308 e. The van der Waals surface area contributed by atoms with Gasteiger partial charge in [-0.25, -0.2) is 0 Å². The fourth-order valence-corrected chi connectivity index (χ4v) is 1.04. The lowest BCUT2D eigenvalue weighted by molar-refractivity contribution is -0.149. The Morgan fingerprint density at radius 3 is 2.47 bits per heavy atom. The first-order valence-corrected chi connectivity index (χ1v) is 4.94. The summed E-state index contributed by atoms with van der Waals surface area (Å²) >= 11 is 0. The zero-order valence-electron chi connectivity index (χ0n) is 9.10. The van der Waals surface area contributed by atoms with Gasteiger partial charge in [0.1, 0.15) is 6.61 Å².